The van der Waals surface area contributed by atoms with Crippen molar-refractivity contribution in [2.24, 2.45) is 0 Å². The lowest BCUT2D eigenvalue weighted by Crippen LogP contribution is -2.25. The fourth-order valence-corrected chi connectivity index (χ4v) is 15.9. The second-order valence-electron chi connectivity index (χ2n) is 23.8. The molecule has 2 aliphatic carbocycles. The summed E-state index contributed by atoms with van der Waals surface area (Å²) < 4.78 is 5.05. The van der Waals surface area contributed by atoms with Gasteiger partial charge in [0, 0.05) is 44.0 Å². The SMILES string of the molecule is c1ccc(-c2cc(-c3ccccc3)cc(N(c3cccc(-c4ccccc4-c4ccc5c(c4)c4ccc6c7c4n5-c4ccccc4-c4cccc(c4-7)C64c5ccccc5-c5ccccc54)c3)c3ccccc3-n3c4ccccc4c4ccccc43)c2)cc1. The summed E-state index contributed by atoms with van der Waals surface area (Å²) in [6.45, 7) is 0. The van der Waals surface area contributed by atoms with Gasteiger partial charge in [0.25, 0.3) is 0 Å². The fraction of sp³-hybridized carbons (Fsp3) is 0.0118. The van der Waals surface area contributed by atoms with Crippen molar-refractivity contribution in [2.45, 2.75) is 5.41 Å². The predicted octanol–water partition coefficient (Wildman–Crippen LogP) is 22.3. The third-order valence-corrected chi connectivity index (χ3v) is 19.4. The molecule has 408 valence electrons. The Kier molecular flexibility index (Phi) is 10.4. The van der Waals surface area contributed by atoms with Crippen LogP contribution in [0.4, 0.5) is 17.1 Å². The smallest absolute Gasteiger partial charge is 0.0726 e. The highest BCUT2D eigenvalue weighted by molar-refractivity contribution is 6.20. The molecule has 0 unspecified atom stereocenters. The minimum atomic E-state index is -0.453. The zero-order chi connectivity index (χ0) is 57.6. The van der Waals surface area contributed by atoms with Crippen LogP contribution in [0.2, 0.25) is 0 Å². The van der Waals surface area contributed by atoms with Crippen molar-refractivity contribution in [1.82, 2.24) is 9.13 Å². The van der Waals surface area contributed by atoms with Crippen molar-refractivity contribution >= 4 is 60.7 Å². The van der Waals surface area contributed by atoms with Crippen molar-refractivity contribution in [3.63, 3.8) is 0 Å². The van der Waals surface area contributed by atoms with Crippen LogP contribution in [-0.4, -0.2) is 9.13 Å². The topological polar surface area (TPSA) is 13.1 Å². The van der Waals surface area contributed by atoms with E-state index < -0.39 is 5.41 Å². The third kappa shape index (κ3) is 6.78. The summed E-state index contributed by atoms with van der Waals surface area (Å²) in [5.74, 6) is 0. The molecule has 1 spiro atoms. The number of nitrogens with zero attached hydrogens (tertiary/aromatic N) is 3. The van der Waals surface area contributed by atoms with Crippen LogP contribution in [0, 0.1) is 0 Å². The molecule has 1 aliphatic heterocycles. The summed E-state index contributed by atoms with van der Waals surface area (Å²) in [5.41, 5.74) is 32.4. The largest absolute Gasteiger partial charge is 0.308 e. The van der Waals surface area contributed by atoms with Gasteiger partial charge in [-0.1, -0.05) is 249 Å². The van der Waals surface area contributed by atoms with Gasteiger partial charge in [-0.3, -0.25) is 0 Å². The molecule has 0 N–H and O–H groups in total. The third-order valence-electron chi connectivity index (χ3n) is 19.4. The molecule has 0 fully saturated rings. The number of hydrogen-bond donors (Lipinski definition) is 0. The van der Waals surface area contributed by atoms with Crippen molar-refractivity contribution in [2.75, 3.05) is 4.90 Å². The van der Waals surface area contributed by atoms with Crippen LogP contribution in [0.5, 0.6) is 0 Å². The highest BCUT2D eigenvalue weighted by Gasteiger charge is 2.53. The van der Waals surface area contributed by atoms with Crippen LogP contribution in [-0.2, 0) is 5.41 Å². The van der Waals surface area contributed by atoms with Crippen LogP contribution >= 0.6 is 0 Å². The van der Waals surface area contributed by atoms with E-state index in [1.807, 2.05) is 0 Å². The molecule has 0 saturated heterocycles. The average Bonchev–Trinajstić information content (AvgIpc) is 1.50. The standard InChI is InChI=1S/C85H53N3/c1-3-23-54(24-4-1)58-49-59(55-25-5-2-6-26-55)52-61(51-58)86(80-43-19-20-44-81(80)87-76-40-16-11-33-66(76)67-34-12-17-41-77(67)87)60-28-21-27-56(50-60)62-29-7-8-30-63(62)57-45-48-79-71(53-57)70-46-47-75-83-82-69(68-35-13-18-42-78(68)88(79)84(70)83)36-22-39-74(82)85(75)72-37-14-9-31-64(72)65-32-10-15-38-73(65)85/h1-53H. The molecule has 16 aromatic rings. The lowest BCUT2D eigenvalue weighted by Gasteiger charge is -2.31. The van der Waals surface area contributed by atoms with Gasteiger partial charge in [-0.2, -0.15) is 0 Å². The first-order valence-corrected chi connectivity index (χ1v) is 30.6. The molecule has 2 aromatic heterocycles. The molecule has 0 radical (unpaired) electrons. The Bertz CT molecular complexity index is 5430. The maximum absolute atomic E-state index is 2.59. The Balaban J connectivity index is 0.818. The van der Waals surface area contributed by atoms with Crippen LogP contribution in [0.15, 0.2) is 322 Å². The Morgan fingerprint density at radius 1 is 0.239 bits per heavy atom. The average molecular weight is 1120 g/mol. The summed E-state index contributed by atoms with van der Waals surface area (Å²) in [6, 6.07) is 120. The summed E-state index contributed by atoms with van der Waals surface area (Å²) >= 11 is 0. The molecule has 0 saturated carbocycles. The van der Waals surface area contributed by atoms with Gasteiger partial charge in [0.15, 0.2) is 0 Å². The van der Waals surface area contributed by atoms with E-state index in [-0.39, 0.29) is 0 Å². The van der Waals surface area contributed by atoms with Crippen molar-refractivity contribution in [3.8, 4) is 89.3 Å². The summed E-state index contributed by atoms with van der Waals surface area (Å²) in [5, 5.41) is 4.95. The normalized spacial score (nSPS) is 12.9. The van der Waals surface area contributed by atoms with E-state index in [1.54, 1.807) is 0 Å². The van der Waals surface area contributed by atoms with Crippen LogP contribution in [0.1, 0.15) is 22.3 Å². The first-order chi connectivity index (χ1) is 43.7. The molecular weight excluding hydrogens is 1060 g/mol. The van der Waals surface area contributed by atoms with Gasteiger partial charge in [0.1, 0.15) is 0 Å². The van der Waals surface area contributed by atoms with Crippen molar-refractivity contribution in [3.05, 3.63) is 344 Å². The van der Waals surface area contributed by atoms with Crippen LogP contribution in [0.25, 0.3) is 133 Å². The van der Waals surface area contributed by atoms with Gasteiger partial charge in [-0.05, 0) is 162 Å². The number of fused-ring (bicyclic) bond motifs is 16. The molecule has 0 bridgehead atoms. The fourth-order valence-electron chi connectivity index (χ4n) is 15.9. The maximum Gasteiger partial charge on any atom is 0.0726 e. The highest BCUT2D eigenvalue weighted by atomic mass is 15.2. The summed E-state index contributed by atoms with van der Waals surface area (Å²) in [6.07, 6.45) is 0. The maximum atomic E-state index is 2.59. The molecule has 0 atom stereocenters. The van der Waals surface area contributed by atoms with Gasteiger partial charge >= 0.3 is 0 Å². The zero-order valence-corrected chi connectivity index (χ0v) is 47.9. The van der Waals surface area contributed by atoms with Gasteiger partial charge in [-0.15, -0.1) is 0 Å². The first-order valence-electron chi connectivity index (χ1n) is 30.6. The lowest BCUT2D eigenvalue weighted by molar-refractivity contribution is 0.794. The molecule has 88 heavy (non-hydrogen) atoms. The molecule has 3 aliphatic rings. The molecule has 19 rings (SSSR count). The lowest BCUT2D eigenvalue weighted by atomic mass is 9.70. The van der Waals surface area contributed by atoms with Crippen molar-refractivity contribution in [1.29, 1.82) is 0 Å². The number of para-hydroxylation sites is 5. The van der Waals surface area contributed by atoms with E-state index in [0.29, 0.717) is 0 Å². The summed E-state index contributed by atoms with van der Waals surface area (Å²) in [4.78, 5) is 2.49. The van der Waals surface area contributed by atoms with Crippen molar-refractivity contribution < 1.29 is 0 Å². The van der Waals surface area contributed by atoms with E-state index in [1.165, 1.54) is 105 Å². The second-order valence-corrected chi connectivity index (χ2v) is 23.8. The van der Waals surface area contributed by atoms with Crippen LogP contribution < -0.4 is 4.90 Å². The van der Waals surface area contributed by atoms with E-state index in [4.69, 9.17) is 0 Å². The number of aromatic nitrogens is 2. The Morgan fingerprint density at radius 2 is 0.727 bits per heavy atom. The monoisotopic (exact) mass is 1120 g/mol. The first kappa shape index (κ1) is 48.8. The highest BCUT2D eigenvalue weighted by Crippen LogP contribution is 2.66. The summed E-state index contributed by atoms with van der Waals surface area (Å²) in [7, 11) is 0. The molecule has 0 amide bonds. The molecular formula is C85H53N3. The van der Waals surface area contributed by atoms with Gasteiger partial charge in [0.2, 0.25) is 0 Å². The van der Waals surface area contributed by atoms with E-state index in [9.17, 15) is 0 Å². The molecule has 3 heterocycles. The minimum Gasteiger partial charge on any atom is -0.308 e. The van der Waals surface area contributed by atoms with E-state index >= 15 is 0 Å². The predicted molar refractivity (Wildman–Crippen MR) is 367 cm³/mol. The van der Waals surface area contributed by atoms with Gasteiger partial charge in [-0.25, -0.2) is 0 Å². The Morgan fingerprint density at radius 3 is 1.41 bits per heavy atom. The second kappa shape index (κ2) is 18.7. The van der Waals surface area contributed by atoms with Crippen LogP contribution in [0.3, 0.4) is 0 Å². The molecule has 14 aromatic carbocycles. The Hall–Kier alpha value is -11.5. The molecule has 3 nitrogen and oxygen atoms in total. The van der Waals surface area contributed by atoms with E-state index in [2.05, 4.69) is 336 Å². The number of hydrogen-bond acceptors (Lipinski definition) is 1. The van der Waals surface area contributed by atoms with E-state index in [0.717, 1.165) is 67.2 Å². The minimum absolute atomic E-state index is 0.453. The molecule has 3 heteroatoms. The number of rotatable bonds is 8. The quantitative estimate of drug-likeness (QED) is 0.148. The Labute approximate surface area is 510 Å². The number of anilines is 3. The number of benzene rings is 14. The zero-order valence-electron chi connectivity index (χ0n) is 47.9. The van der Waals surface area contributed by atoms with Gasteiger partial charge in [0.05, 0.1) is 44.5 Å². The van der Waals surface area contributed by atoms with Gasteiger partial charge < -0.3 is 14.0 Å².